The molecule has 0 fully saturated rings. The fourth-order valence-corrected chi connectivity index (χ4v) is 9.59. The summed E-state index contributed by atoms with van der Waals surface area (Å²) in [5.74, 6) is 0. The third-order valence-corrected chi connectivity index (χ3v) is 11.5. The maximum Gasteiger partial charge on any atom is 0.145 e. The zero-order chi connectivity index (χ0) is 34.0. The first-order valence-electron chi connectivity index (χ1n) is 17.9. The SMILES string of the molecule is c1ccc(N(c2ccccc2)c2ccc3c(c2)-c2ccccc2C32c3ccccc3-n3c4ccccc4c4c5oc6ccccc6c5cc2c43)cc1. The van der Waals surface area contributed by atoms with E-state index < -0.39 is 5.41 Å². The fraction of sp³-hybridized carbons (Fsp3) is 0.0204. The Labute approximate surface area is 300 Å². The van der Waals surface area contributed by atoms with Crippen LogP contribution in [-0.4, -0.2) is 4.57 Å². The van der Waals surface area contributed by atoms with Crippen molar-refractivity contribution >= 4 is 60.8 Å². The van der Waals surface area contributed by atoms with Crippen LogP contribution in [0.25, 0.3) is 60.6 Å². The molecule has 0 radical (unpaired) electrons. The number of para-hydroxylation sites is 5. The Balaban J connectivity index is 1.25. The van der Waals surface area contributed by atoms with Crippen LogP contribution in [0.15, 0.2) is 186 Å². The summed E-state index contributed by atoms with van der Waals surface area (Å²) in [4.78, 5) is 2.36. The van der Waals surface area contributed by atoms with Crippen LogP contribution in [0, 0.1) is 0 Å². The summed E-state index contributed by atoms with van der Waals surface area (Å²) >= 11 is 0. The van der Waals surface area contributed by atoms with E-state index in [2.05, 4.69) is 191 Å². The van der Waals surface area contributed by atoms with Crippen LogP contribution < -0.4 is 4.90 Å². The Morgan fingerprint density at radius 3 is 1.88 bits per heavy atom. The van der Waals surface area contributed by atoms with Crippen molar-refractivity contribution in [3.05, 3.63) is 204 Å². The quantitative estimate of drug-likeness (QED) is 0.188. The van der Waals surface area contributed by atoms with Crippen LogP contribution >= 0.6 is 0 Å². The maximum atomic E-state index is 6.80. The van der Waals surface area contributed by atoms with Crippen molar-refractivity contribution in [2.75, 3.05) is 4.90 Å². The molecule has 1 unspecified atom stereocenters. The van der Waals surface area contributed by atoms with Gasteiger partial charge in [0.1, 0.15) is 11.2 Å². The van der Waals surface area contributed by atoms with Crippen LogP contribution in [0.4, 0.5) is 17.1 Å². The average Bonchev–Trinajstić information content (AvgIpc) is 3.85. The molecule has 2 aromatic heterocycles. The summed E-state index contributed by atoms with van der Waals surface area (Å²) in [5, 5.41) is 4.68. The molecule has 0 saturated carbocycles. The minimum Gasteiger partial charge on any atom is -0.455 e. The van der Waals surface area contributed by atoms with Crippen LogP contribution in [0.2, 0.25) is 0 Å². The number of hydrogen-bond donors (Lipinski definition) is 0. The summed E-state index contributed by atoms with van der Waals surface area (Å²) in [6.45, 7) is 0. The zero-order valence-corrected chi connectivity index (χ0v) is 28.1. The van der Waals surface area contributed by atoms with Crippen molar-refractivity contribution in [1.29, 1.82) is 0 Å². The number of benzene rings is 8. The first-order chi connectivity index (χ1) is 25.8. The van der Waals surface area contributed by atoms with Crippen molar-refractivity contribution in [1.82, 2.24) is 4.57 Å². The van der Waals surface area contributed by atoms with Gasteiger partial charge in [-0.2, -0.15) is 0 Å². The minimum absolute atomic E-state index is 0.555. The van der Waals surface area contributed by atoms with Crippen LogP contribution in [0.5, 0.6) is 0 Å². The Bertz CT molecular complexity index is 3040. The second-order valence-corrected chi connectivity index (χ2v) is 14.0. The van der Waals surface area contributed by atoms with Gasteiger partial charge in [0, 0.05) is 33.2 Å². The van der Waals surface area contributed by atoms with Crippen molar-refractivity contribution in [3.63, 3.8) is 0 Å². The molecule has 1 spiro atoms. The largest absolute Gasteiger partial charge is 0.455 e. The minimum atomic E-state index is -0.555. The lowest BCUT2D eigenvalue weighted by Gasteiger charge is -2.39. The molecule has 0 bridgehead atoms. The molecule has 1 atom stereocenters. The van der Waals surface area contributed by atoms with Gasteiger partial charge in [-0.05, 0) is 94.0 Å². The lowest BCUT2D eigenvalue weighted by atomic mass is 9.65. The third-order valence-electron chi connectivity index (χ3n) is 11.5. The monoisotopic (exact) mass is 662 g/mol. The van der Waals surface area contributed by atoms with Gasteiger partial charge in [-0.1, -0.05) is 121 Å². The van der Waals surface area contributed by atoms with E-state index in [1.54, 1.807) is 0 Å². The van der Waals surface area contributed by atoms with E-state index in [1.807, 2.05) is 0 Å². The molecule has 12 rings (SSSR count). The highest BCUT2D eigenvalue weighted by Crippen LogP contribution is 2.62. The molecule has 0 saturated heterocycles. The lowest BCUT2D eigenvalue weighted by molar-refractivity contribution is 0.672. The van der Waals surface area contributed by atoms with Crippen molar-refractivity contribution in [2.45, 2.75) is 5.41 Å². The molecule has 3 heteroatoms. The highest BCUT2D eigenvalue weighted by atomic mass is 16.3. The molecule has 0 amide bonds. The summed E-state index contributed by atoms with van der Waals surface area (Å²) in [7, 11) is 0. The average molecular weight is 663 g/mol. The van der Waals surface area contributed by atoms with E-state index in [0.29, 0.717) is 0 Å². The molecule has 1 aliphatic carbocycles. The van der Waals surface area contributed by atoms with E-state index >= 15 is 0 Å². The molecule has 1 aliphatic heterocycles. The molecule has 242 valence electrons. The van der Waals surface area contributed by atoms with E-state index in [1.165, 1.54) is 60.9 Å². The molecular formula is C49H30N2O. The smallest absolute Gasteiger partial charge is 0.145 e. The van der Waals surface area contributed by atoms with Gasteiger partial charge < -0.3 is 13.9 Å². The maximum absolute atomic E-state index is 6.80. The summed E-state index contributed by atoms with van der Waals surface area (Å²) in [5.41, 5.74) is 16.0. The number of aromatic nitrogens is 1. The van der Waals surface area contributed by atoms with Gasteiger partial charge >= 0.3 is 0 Å². The fourth-order valence-electron chi connectivity index (χ4n) is 9.59. The number of fused-ring (bicyclic) bond motifs is 16. The Hall–Kier alpha value is -6.84. The van der Waals surface area contributed by atoms with Crippen LogP contribution in [0.3, 0.4) is 0 Å². The lowest BCUT2D eigenvalue weighted by Crippen LogP contribution is -2.33. The van der Waals surface area contributed by atoms with Crippen molar-refractivity contribution < 1.29 is 4.42 Å². The Morgan fingerprint density at radius 2 is 1.08 bits per heavy atom. The molecule has 0 N–H and O–H groups in total. The number of anilines is 3. The molecule has 10 aromatic rings. The standard InChI is InChI=1S/C49H30N2O/c1-3-15-31(16-4-1)50(32-17-5-2-6-18-32)33-27-28-40-37(29-33)34-19-7-10-22-39(34)49(40)41-23-11-13-25-44(41)51-43-24-12-8-21-36(43)46-47(51)42(49)30-38-35-20-9-14-26-45(35)52-48(38)46/h1-30H. The first kappa shape index (κ1) is 27.9. The number of nitrogens with zero attached hydrogens (tertiary/aromatic N) is 2. The van der Waals surface area contributed by atoms with Crippen LogP contribution in [0.1, 0.15) is 22.3 Å². The molecule has 8 aromatic carbocycles. The first-order valence-corrected chi connectivity index (χ1v) is 17.9. The van der Waals surface area contributed by atoms with Gasteiger partial charge in [-0.15, -0.1) is 0 Å². The van der Waals surface area contributed by atoms with Gasteiger partial charge in [0.05, 0.1) is 27.5 Å². The molecule has 2 aliphatic rings. The summed E-state index contributed by atoms with van der Waals surface area (Å²) in [6.07, 6.45) is 0. The molecule has 3 heterocycles. The third kappa shape index (κ3) is 3.40. The summed E-state index contributed by atoms with van der Waals surface area (Å²) in [6, 6.07) is 66.4. The Kier molecular flexibility index (Phi) is 5.43. The van der Waals surface area contributed by atoms with E-state index in [4.69, 9.17) is 4.42 Å². The molecular weight excluding hydrogens is 633 g/mol. The second-order valence-electron chi connectivity index (χ2n) is 14.0. The molecule has 52 heavy (non-hydrogen) atoms. The highest BCUT2D eigenvalue weighted by molar-refractivity contribution is 6.26. The van der Waals surface area contributed by atoms with Crippen molar-refractivity contribution in [2.24, 2.45) is 0 Å². The Morgan fingerprint density at radius 1 is 0.442 bits per heavy atom. The topological polar surface area (TPSA) is 21.3 Å². The highest BCUT2D eigenvalue weighted by Gasteiger charge is 2.51. The van der Waals surface area contributed by atoms with E-state index in [-0.39, 0.29) is 0 Å². The second kappa shape index (κ2) is 10.1. The number of rotatable bonds is 3. The van der Waals surface area contributed by atoms with Gasteiger partial charge in [0.25, 0.3) is 0 Å². The van der Waals surface area contributed by atoms with Gasteiger partial charge in [-0.25, -0.2) is 0 Å². The predicted molar refractivity (Wildman–Crippen MR) is 214 cm³/mol. The number of hydrogen-bond acceptors (Lipinski definition) is 2. The van der Waals surface area contributed by atoms with Crippen LogP contribution in [-0.2, 0) is 5.41 Å². The van der Waals surface area contributed by atoms with E-state index in [9.17, 15) is 0 Å². The normalized spacial score (nSPS) is 15.4. The predicted octanol–water partition coefficient (Wildman–Crippen LogP) is 12.8. The number of furan rings is 1. The molecule has 3 nitrogen and oxygen atoms in total. The zero-order valence-electron chi connectivity index (χ0n) is 28.1. The van der Waals surface area contributed by atoms with Gasteiger partial charge in [0.15, 0.2) is 0 Å². The van der Waals surface area contributed by atoms with Gasteiger partial charge in [0.2, 0.25) is 0 Å². The van der Waals surface area contributed by atoms with E-state index in [0.717, 1.165) is 39.0 Å². The van der Waals surface area contributed by atoms with Gasteiger partial charge in [-0.3, -0.25) is 0 Å². The summed E-state index contributed by atoms with van der Waals surface area (Å²) < 4.78 is 9.29. The van der Waals surface area contributed by atoms with Crippen molar-refractivity contribution in [3.8, 4) is 16.8 Å².